The Morgan fingerprint density at radius 3 is 2.50 bits per heavy atom. The van der Waals surface area contributed by atoms with Crippen LogP contribution in [0.3, 0.4) is 0 Å². The van der Waals surface area contributed by atoms with Gasteiger partial charge in [0.05, 0.1) is 17.7 Å². The molecule has 2 heterocycles. The monoisotopic (exact) mass is 468 g/mol. The molecular weight excluding hydrogens is 444 g/mol. The number of fused-ring (bicyclic) bond motifs is 2. The number of methoxy groups -OCH3 is 1. The molecule has 170 valence electrons. The zero-order chi connectivity index (χ0) is 24.0. The smallest absolute Gasteiger partial charge is 0.271 e. The van der Waals surface area contributed by atoms with E-state index in [1.54, 1.807) is 11.7 Å². The number of carbonyl (C=O) groups is 1. The van der Waals surface area contributed by atoms with Gasteiger partial charge >= 0.3 is 0 Å². The number of ketones is 1. The molecule has 0 fully saturated rings. The molecule has 0 aliphatic carbocycles. The molecule has 5 rings (SSSR count). The Balaban J connectivity index is 1.86. The van der Waals surface area contributed by atoms with Crippen LogP contribution in [0.25, 0.3) is 16.8 Å². The highest BCUT2D eigenvalue weighted by Gasteiger charge is 2.33. The molecule has 1 unspecified atom stereocenters. The highest BCUT2D eigenvalue weighted by Crippen LogP contribution is 2.40. The third kappa shape index (κ3) is 3.60. The third-order valence-corrected chi connectivity index (χ3v) is 7.18. The number of hydrogen-bond acceptors (Lipinski definition) is 5. The van der Waals surface area contributed by atoms with Gasteiger partial charge in [0.15, 0.2) is 10.6 Å². The predicted octanol–water partition coefficient (Wildman–Crippen LogP) is 4.29. The zero-order valence-corrected chi connectivity index (χ0v) is 20.3. The largest absolute Gasteiger partial charge is 0.496 e. The lowest BCUT2D eigenvalue weighted by Gasteiger charge is -2.27. The van der Waals surface area contributed by atoms with Gasteiger partial charge in [-0.05, 0) is 49.2 Å². The van der Waals surface area contributed by atoms with E-state index in [-0.39, 0.29) is 11.3 Å². The molecule has 6 heteroatoms. The Bertz CT molecular complexity index is 1660. The van der Waals surface area contributed by atoms with Crippen LogP contribution >= 0.6 is 11.3 Å². The maximum absolute atomic E-state index is 13.8. The van der Waals surface area contributed by atoms with E-state index in [1.165, 1.54) is 18.3 Å². The minimum Gasteiger partial charge on any atom is -0.496 e. The molecule has 1 aliphatic rings. The Morgan fingerprint density at radius 1 is 1.06 bits per heavy atom. The maximum atomic E-state index is 13.8. The second kappa shape index (κ2) is 8.54. The van der Waals surface area contributed by atoms with Crippen molar-refractivity contribution in [2.45, 2.75) is 26.8 Å². The Morgan fingerprint density at radius 2 is 1.79 bits per heavy atom. The fourth-order valence-electron chi connectivity index (χ4n) is 4.59. The third-order valence-electron chi connectivity index (χ3n) is 6.20. The number of aromatic nitrogens is 1. The van der Waals surface area contributed by atoms with Gasteiger partial charge in [0.2, 0.25) is 0 Å². The van der Waals surface area contributed by atoms with E-state index in [2.05, 4.69) is 4.99 Å². The summed E-state index contributed by atoms with van der Waals surface area (Å²) in [6.07, 6.45) is 1.88. The lowest BCUT2D eigenvalue weighted by molar-refractivity contribution is -0.114. The van der Waals surface area contributed by atoms with E-state index < -0.39 is 6.04 Å². The van der Waals surface area contributed by atoms with Crippen molar-refractivity contribution in [3.05, 3.63) is 108 Å². The summed E-state index contributed by atoms with van der Waals surface area (Å²) < 4.78 is 7.98. The topological polar surface area (TPSA) is 60.7 Å². The van der Waals surface area contributed by atoms with Gasteiger partial charge in [-0.3, -0.25) is 14.2 Å². The zero-order valence-electron chi connectivity index (χ0n) is 19.5. The van der Waals surface area contributed by atoms with Gasteiger partial charge in [-0.2, -0.15) is 0 Å². The first kappa shape index (κ1) is 22.0. The van der Waals surface area contributed by atoms with Gasteiger partial charge in [-0.15, -0.1) is 0 Å². The van der Waals surface area contributed by atoms with Crippen LogP contribution in [0.2, 0.25) is 0 Å². The fraction of sp³-hybridized carbons (Fsp3) is 0.179. The first-order chi connectivity index (χ1) is 16.4. The molecule has 0 saturated heterocycles. The van der Waals surface area contributed by atoms with Crippen LogP contribution in [0.1, 0.15) is 36.6 Å². The number of nitrogens with zero attached hydrogens (tertiary/aromatic N) is 2. The van der Waals surface area contributed by atoms with Crippen LogP contribution < -0.4 is 19.6 Å². The lowest BCUT2D eigenvalue weighted by Crippen LogP contribution is -2.39. The number of thiazole rings is 1. The molecular formula is C28H24N2O3S. The van der Waals surface area contributed by atoms with E-state index in [4.69, 9.17) is 4.74 Å². The van der Waals surface area contributed by atoms with E-state index in [9.17, 15) is 9.59 Å². The van der Waals surface area contributed by atoms with Gasteiger partial charge in [0.1, 0.15) is 5.75 Å². The number of rotatable bonds is 4. The molecule has 1 aliphatic heterocycles. The fourth-order valence-corrected chi connectivity index (χ4v) is 5.64. The second-order valence-corrected chi connectivity index (χ2v) is 9.46. The van der Waals surface area contributed by atoms with E-state index in [0.29, 0.717) is 26.4 Å². The molecule has 5 nitrogen and oxygen atoms in total. The van der Waals surface area contributed by atoms with Gasteiger partial charge in [-0.1, -0.05) is 71.5 Å². The number of aryl methyl sites for hydroxylation is 1. The van der Waals surface area contributed by atoms with E-state index in [0.717, 1.165) is 27.5 Å². The second-order valence-electron chi connectivity index (χ2n) is 8.45. The molecule has 0 amide bonds. The number of hydrogen-bond donors (Lipinski definition) is 0. The number of benzene rings is 3. The summed E-state index contributed by atoms with van der Waals surface area (Å²) in [5, 5.41) is 1.95. The summed E-state index contributed by atoms with van der Waals surface area (Å²) in [4.78, 5) is 31.9. The molecule has 34 heavy (non-hydrogen) atoms. The molecule has 1 aromatic heterocycles. The maximum Gasteiger partial charge on any atom is 0.271 e. The molecule has 1 atom stereocenters. The quantitative estimate of drug-likeness (QED) is 0.449. The Labute approximate surface area is 201 Å². The van der Waals surface area contributed by atoms with Crippen molar-refractivity contribution < 1.29 is 9.53 Å². The van der Waals surface area contributed by atoms with Crippen molar-refractivity contribution in [3.63, 3.8) is 0 Å². The average Bonchev–Trinajstić information content (AvgIpc) is 3.13. The standard InChI is InChI=1S/C28H24N2O3S/c1-16-9-11-19(12-10-16)15-23-27(32)30-26(24(18(3)31)17(2)29-28(30)34-23)25-21-8-6-5-7-20(21)13-14-22(25)33-4/h5-15,26H,1-4H3. The van der Waals surface area contributed by atoms with Gasteiger partial charge in [0, 0.05) is 16.8 Å². The molecule has 0 radical (unpaired) electrons. The van der Waals surface area contributed by atoms with Gasteiger partial charge in [-0.25, -0.2) is 4.99 Å². The summed E-state index contributed by atoms with van der Waals surface area (Å²) in [7, 11) is 1.61. The first-order valence-electron chi connectivity index (χ1n) is 11.0. The predicted molar refractivity (Wildman–Crippen MR) is 136 cm³/mol. The van der Waals surface area contributed by atoms with Crippen LogP contribution in [-0.4, -0.2) is 17.5 Å². The minimum atomic E-state index is -0.630. The molecule has 0 N–H and O–H groups in total. The van der Waals surface area contributed by atoms with Crippen molar-refractivity contribution in [1.82, 2.24) is 4.57 Å². The minimum absolute atomic E-state index is 0.117. The molecule has 4 aromatic rings. The van der Waals surface area contributed by atoms with Gasteiger partial charge < -0.3 is 4.74 Å². The van der Waals surface area contributed by atoms with E-state index >= 15 is 0 Å². The Hall–Kier alpha value is -3.77. The van der Waals surface area contributed by atoms with Crippen molar-refractivity contribution >= 4 is 34.0 Å². The first-order valence-corrected chi connectivity index (χ1v) is 11.9. The van der Waals surface area contributed by atoms with Crippen LogP contribution in [0.5, 0.6) is 5.75 Å². The summed E-state index contributed by atoms with van der Waals surface area (Å²) >= 11 is 1.34. The van der Waals surface area contributed by atoms with Crippen molar-refractivity contribution in [2.24, 2.45) is 4.99 Å². The summed E-state index contributed by atoms with van der Waals surface area (Å²) in [5.74, 6) is 0.513. The van der Waals surface area contributed by atoms with Crippen molar-refractivity contribution in [1.29, 1.82) is 0 Å². The summed E-state index contributed by atoms with van der Waals surface area (Å²) in [5.41, 5.74) is 3.85. The lowest BCUT2D eigenvalue weighted by atomic mass is 9.89. The summed E-state index contributed by atoms with van der Waals surface area (Å²) in [6, 6.07) is 19.2. The number of carbonyl (C=O) groups excluding carboxylic acids is 1. The van der Waals surface area contributed by atoms with Crippen LogP contribution in [-0.2, 0) is 4.79 Å². The number of ether oxygens (including phenoxy) is 1. The number of Topliss-reactive ketones (excluding diaryl/α,β-unsaturated/α-hetero) is 1. The highest BCUT2D eigenvalue weighted by molar-refractivity contribution is 7.07. The molecule has 3 aromatic carbocycles. The van der Waals surface area contributed by atoms with E-state index in [1.807, 2.05) is 80.6 Å². The SMILES string of the molecule is COc1ccc2ccccc2c1C1C(C(C)=O)=C(C)N=c2sc(=Cc3ccc(C)cc3)c(=O)n21. The average molecular weight is 469 g/mol. The molecule has 0 saturated carbocycles. The van der Waals surface area contributed by atoms with Gasteiger partial charge in [0.25, 0.3) is 5.56 Å². The Kier molecular flexibility index (Phi) is 5.54. The van der Waals surface area contributed by atoms with Crippen molar-refractivity contribution in [2.75, 3.05) is 7.11 Å². The van der Waals surface area contributed by atoms with Crippen LogP contribution in [0.4, 0.5) is 0 Å². The highest BCUT2D eigenvalue weighted by atomic mass is 32.1. The normalized spacial score (nSPS) is 15.9. The van der Waals surface area contributed by atoms with Crippen LogP contribution in [0, 0.1) is 6.92 Å². The van der Waals surface area contributed by atoms with Crippen LogP contribution in [0.15, 0.2) is 81.7 Å². The molecule has 0 bridgehead atoms. The number of allylic oxidation sites excluding steroid dienone is 2. The summed E-state index contributed by atoms with van der Waals surface area (Å²) in [6.45, 7) is 5.39. The molecule has 0 spiro atoms. The van der Waals surface area contributed by atoms with Crippen molar-refractivity contribution in [3.8, 4) is 5.75 Å².